The maximum absolute atomic E-state index is 12.0. The summed E-state index contributed by atoms with van der Waals surface area (Å²) in [5.74, 6) is 0.861. The summed E-state index contributed by atoms with van der Waals surface area (Å²) in [5, 5.41) is 3.09. The third-order valence-electron chi connectivity index (χ3n) is 3.55. The molecule has 0 radical (unpaired) electrons. The van der Waals surface area contributed by atoms with Crippen LogP contribution in [-0.4, -0.2) is 20.2 Å². The Kier molecular flexibility index (Phi) is 4.19. The molecule has 2 aromatic rings. The first-order valence-electron chi connectivity index (χ1n) is 7.17. The van der Waals surface area contributed by atoms with Gasteiger partial charge in [-0.05, 0) is 23.8 Å². The van der Waals surface area contributed by atoms with Crippen LogP contribution in [0.25, 0.3) is 6.08 Å². The lowest BCUT2D eigenvalue weighted by Crippen LogP contribution is -2.12. The lowest BCUT2D eigenvalue weighted by atomic mass is 10.1. The van der Waals surface area contributed by atoms with E-state index in [0.29, 0.717) is 17.2 Å². The summed E-state index contributed by atoms with van der Waals surface area (Å²) in [6.45, 7) is 0. The molecule has 2 aromatic carbocycles. The fraction of sp³-hybridized carbons (Fsp3) is 0.167. The van der Waals surface area contributed by atoms with Gasteiger partial charge in [-0.1, -0.05) is 36.4 Å². The van der Waals surface area contributed by atoms with Gasteiger partial charge in [0, 0.05) is 5.56 Å². The standard InChI is InChI=1S/C18H17NO4/c1-21-15-9-8-12(11-16(15)22-2)10-14-18(20)23-17(19-14)13-6-4-3-5-7-13/h3-11,17,19H,1-2H3/b14-10+/t17-/m1/s1. The number of hydrogen-bond donors (Lipinski definition) is 1. The summed E-state index contributed by atoms with van der Waals surface area (Å²) in [6.07, 6.45) is 1.27. The van der Waals surface area contributed by atoms with E-state index >= 15 is 0 Å². The predicted octanol–water partition coefficient (Wildman–Crippen LogP) is 2.89. The van der Waals surface area contributed by atoms with Crippen LogP contribution in [-0.2, 0) is 9.53 Å². The van der Waals surface area contributed by atoms with Crippen LogP contribution in [0.4, 0.5) is 0 Å². The number of esters is 1. The highest BCUT2D eigenvalue weighted by atomic mass is 16.6. The zero-order valence-corrected chi connectivity index (χ0v) is 12.9. The number of carbonyl (C=O) groups excluding carboxylic acids is 1. The zero-order chi connectivity index (χ0) is 16.2. The van der Waals surface area contributed by atoms with Crippen molar-refractivity contribution in [3.63, 3.8) is 0 Å². The molecule has 1 saturated heterocycles. The van der Waals surface area contributed by atoms with Gasteiger partial charge in [0.2, 0.25) is 0 Å². The molecule has 0 spiro atoms. The molecule has 3 rings (SSSR count). The van der Waals surface area contributed by atoms with E-state index in [-0.39, 0.29) is 5.97 Å². The third kappa shape index (κ3) is 3.13. The molecule has 0 unspecified atom stereocenters. The van der Waals surface area contributed by atoms with Crippen molar-refractivity contribution in [3.05, 3.63) is 65.4 Å². The van der Waals surface area contributed by atoms with Gasteiger partial charge in [-0.2, -0.15) is 0 Å². The number of benzene rings is 2. The highest BCUT2D eigenvalue weighted by Crippen LogP contribution is 2.30. The van der Waals surface area contributed by atoms with Crippen molar-refractivity contribution in [1.82, 2.24) is 5.32 Å². The summed E-state index contributed by atoms with van der Waals surface area (Å²) in [5.41, 5.74) is 2.12. The fourth-order valence-corrected chi connectivity index (χ4v) is 2.39. The van der Waals surface area contributed by atoms with Crippen molar-refractivity contribution in [2.45, 2.75) is 6.23 Å². The molecule has 5 nitrogen and oxygen atoms in total. The topological polar surface area (TPSA) is 56.8 Å². The largest absolute Gasteiger partial charge is 0.493 e. The number of hydrogen-bond acceptors (Lipinski definition) is 5. The maximum Gasteiger partial charge on any atom is 0.356 e. The van der Waals surface area contributed by atoms with E-state index in [9.17, 15) is 4.79 Å². The summed E-state index contributed by atoms with van der Waals surface area (Å²) >= 11 is 0. The fourth-order valence-electron chi connectivity index (χ4n) is 2.39. The van der Waals surface area contributed by atoms with Crippen molar-refractivity contribution in [3.8, 4) is 11.5 Å². The summed E-state index contributed by atoms with van der Waals surface area (Å²) in [6, 6.07) is 15.0. The number of rotatable bonds is 4. The minimum atomic E-state index is -0.463. The molecular formula is C18H17NO4. The zero-order valence-electron chi connectivity index (χ0n) is 12.9. The molecule has 1 heterocycles. The lowest BCUT2D eigenvalue weighted by molar-refractivity contribution is -0.139. The van der Waals surface area contributed by atoms with Crippen LogP contribution in [0.3, 0.4) is 0 Å². The Morgan fingerprint density at radius 2 is 1.78 bits per heavy atom. The van der Waals surface area contributed by atoms with Crippen LogP contribution in [0.5, 0.6) is 11.5 Å². The summed E-state index contributed by atoms with van der Waals surface area (Å²) < 4.78 is 15.8. The molecule has 1 fully saturated rings. The molecule has 0 saturated carbocycles. The second kappa shape index (κ2) is 6.44. The Labute approximate surface area is 134 Å². The number of cyclic esters (lactones) is 1. The van der Waals surface area contributed by atoms with Crippen LogP contribution in [0.2, 0.25) is 0 Å². The Bertz CT molecular complexity index is 740. The second-order valence-electron chi connectivity index (χ2n) is 5.01. The van der Waals surface area contributed by atoms with Crippen LogP contribution < -0.4 is 14.8 Å². The predicted molar refractivity (Wildman–Crippen MR) is 85.9 cm³/mol. The Morgan fingerprint density at radius 1 is 1.04 bits per heavy atom. The average molecular weight is 311 g/mol. The molecule has 1 aliphatic rings. The van der Waals surface area contributed by atoms with E-state index in [1.165, 1.54) is 0 Å². The van der Waals surface area contributed by atoms with Gasteiger partial charge in [-0.15, -0.1) is 0 Å². The van der Waals surface area contributed by atoms with Gasteiger partial charge in [0.05, 0.1) is 14.2 Å². The Morgan fingerprint density at radius 3 is 2.48 bits per heavy atom. The van der Waals surface area contributed by atoms with Crippen LogP contribution >= 0.6 is 0 Å². The van der Waals surface area contributed by atoms with Gasteiger partial charge in [-0.3, -0.25) is 0 Å². The number of methoxy groups -OCH3 is 2. The normalized spacial score (nSPS) is 18.4. The number of ether oxygens (including phenoxy) is 3. The quantitative estimate of drug-likeness (QED) is 0.695. The second-order valence-corrected chi connectivity index (χ2v) is 5.01. The van der Waals surface area contributed by atoms with Crippen LogP contribution in [0, 0.1) is 0 Å². The molecule has 5 heteroatoms. The van der Waals surface area contributed by atoms with Crippen molar-refractivity contribution >= 4 is 12.0 Å². The first-order valence-corrected chi connectivity index (χ1v) is 7.17. The van der Waals surface area contributed by atoms with E-state index in [1.807, 2.05) is 36.4 Å². The van der Waals surface area contributed by atoms with Gasteiger partial charge < -0.3 is 19.5 Å². The van der Waals surface area contributed by atoms with Crippen molar-refractivity contribution in [1.29, 1.82) is 0 Å². The van der Waals surface area contributed by atoms with Crippen molar-refractivity contribution < 1.29 is 19.0 Å². The molecule has 1 N–H and O–H groups in total. The molecule has 1 aliphatic heterocycles. The molecule has 1 atom stereocenters. The van der Waals surface area contributed by atoms with Crippen LogP contribution in [0.1, 0.15) is 17.4 Å². The summed E-state index contributed by atoms with van der Waals surface area (Å²) in [4.78, 5) is 12.0. The Balaban J connectivity index is 1.84. The van der Waals surface area contributed by atoms with Gasteiger partial charge in [0.25, 0.3) is 0 Å². The highest BCUT2D eigenvalue weighted by Gasteiger charge is 2.28. The third-order valence-corrected chi connectivity index (χ3v) is 3.55. The van der Waals surface area contributed by atoms with E-state index in [0.717, 1.165) is 11.1 Å². The smallest absolute Gasteiger partial charge is 0.356 e. The number of carbonyl (C=O) groups is 1. The first kappa shape index (κ1) is 15.0. The molecule has 0 bridgehead atoms. The van der Waals surface area contributed by atoms with Gasteiger partial charge in [-0.25, -0.2) is 4.79 Å². The Hall–Kier alpha value is -2.95. The molecule has 23 heavy (non-hydrogen) atoms. The van der Waals surface area contributed by atoms with E-state index < -0.39 is 6.23 Å². The van der Waals surface area contributed by atoms with E-state index in [1.54, 1.807) is 32.4 Å². The lowest BCUT2D eigenvalue weighted by Gasteiger charge is -2.09. The molecule has 0 amide bonds. The minimum absolute atomic E-state index is 0.381. The van der Waals surface area contributed by atoms with E-state index in [4.69, 9.17) is 14.2 Å². The molecular weight excluding hydrogens is 294 g/mol. The highest BCUT2D eigenvalue weighted by molar-refractivity contribution is 5.95. The summed E-state index contributed by atoms with van der Waals surface area (Å²) in [7, 11) is 3.15. The van der Waals surface area contributed by atoms with Crippen molar-refractivity contribution in [2.75, 3.05) is 14.2 Å². The number of nitrogens with one attached hydrogen (secondary N) is 1. The van der Waals surface area contributed by atoms with Gasteiger partial charge in [0.1, 0.15) is 5.70 Å². The molecule has 0 aromatic heterocycles. The minimum Gasteiger partial charge on any atom is -0.493 e. The molecule has 118 valence electrons. The maximum atomic E-state index is 12.0. The van der Waals surface area contributed by atoms with Crippen molar-refractivity contribution in [2.24, 2.45) is 0 Å². The van der Waals surface area contributed by atoms with E-state index in [2.05, 4.69) is 5.32 Å². The monoisotopic (exact) mass is 311 g/mol. The van der Waals surface area contributed by atoms with Gasteiger partial charge in [0.15, 0.2) is 17.7 Å². The van der Waals surface area contributed by atoms with Crippen LogP contribution in [0.15, 0.2) is 54.2 Å². The average Bonchev–Trinajstić information content (AvgIpc) is 2.96. The first-order chi connectivity index (χ1) is 11.2. The van der Waals surface area contributed by atoms with Gasteiger partial charge >= 0.3 is 5.97 Å². The SMILES string of the molecule is COc1ccc(/C=C2/N[C@@H](c3ccccc3)OC2=O)cc1OC. The molecule has 0 aliphatic carbocycles.